The molecule has 3 amide bonds. The number of urea groups is 1. The van der Waals surface area contributed by atoms with E-state index in [1.54, 1.807) is 12.1 Å². The van der Waals surface area contributed by atoms with E-state index in [0.717, 1.165) is 0 Å². The van der Waals surface area contributed by atoms with E-state index in [-0.39, 0.29) is 21.8 Å². The van der Waals surface area contributed by atoms with Gasteiger partial charge in [0, 0.05) is 5.69 Å². The Kier molecular flexibility index (Phi) is 5.99. The second-order valence-electron chi connectivity index (χ2n) is 5.00. The fourth-order valence-corrected chi connectivity index (χ4v) is 2.09. The molecule has 0 saturated heterocycles. The lowest BCUT2D eigenvalue weighted by molar-refractivity contribution is -0.107. The van der Waals surface area contributed by atoms with Crippen LogP contribution in [0.4, 0.5) is 28.0 Å². The molecule has 136 valence electrons. The third-order valence-electron chi connectivity index (χ3n) is 3.08. The molecular weight excluding hydrogens is 376 g/mol. The standard InChI is InChI=1S/C17H11ClF4N2O2/c18-13-4-2-1-3-12(13)15(25)24-16(26)23-11-7-5-10(6-8-11)9-14(19)17(20,21)22/h1-9H,(H2,23,24,25,26)/b14-9-. The minimum absolute atomic E-state index is 0.0436. The molecule has 2 N–H and O–H groups in total. The molecule has 2 aromatic carbocycles. The monoisotopic (exact) mass is 386 g/mol. The first-order valence-corrected chi connectivity index (χ1v) is 7.46. The topological polar surface area (TPSA) is 58.2 Å². The predicted molar refractivity (Wildman–Crippen MR) is 89.5 cm³/mol. The number of benzene rings is 2. The maximum absolute atomic E-state index is 12.9. The number of hydrogen-bond acceptors (Lipinski definition) is 2. The Morgan fingerprint density at radius 3 is 2.19 bits per heavy atom. The minimum Gasteiger partial charge on any atom is -0.308 e. The van der Waals surface area contributed by atoms with Crippen molar-refractivity contribution in [1.82, 2.24) is 5.32 Å². The maximum Gasteiger partial charge on any atom is 0.442 e. The van der Waals surface area contributed by atoms with Gasteiger partial charge in [-0.1, -0.05) is 35.9 Å². The van der Waals surface area contributed by atoms with Gasteiger partial charge < -0.3 is 5.32 Å². The van der Waals surface area contributed by atoms with E-state index in [4.69, 9.17) is 11.6 Å². The summed E-state index contributed by atoms with van der Waals surface area (Å²) < 4.78 is 49.2. The van der Waals surface area contributed by atoms with Crippen molar-refractivity contribution in [3.63, 3.8) is 0 Å². The van der Waals surface area contributed by atoms with Gasteiger partial charge in [0.15, 0.2) is 0 Å². The fourth-order valence-electron chi connectivity index (χ4n) is 1.87. The summed E-state index contributed by atoms with van der Waals surface area (Å²) in [7, 11) is 0. The normalized spacial score (nSPS) is 11.8. The Morgan fingerprint density at radius 1 is 1.00 bits per heavy atom. The van der Waals surface area contributed by atoms with Crippen molar-refractivity contribution in [3.8, 4) is 0 Å². The zero-order chi connectivity index (χ0) is 19.3. The van der Waals surface area contributed by atoms with Crippen LogP contribution in [-0.4, -0.2) is 18.1 Å². The smallest absolute Gasteiger partial charge is 0.308 e. The van der Waals surface area contributed by atoms with Gasteiger partial charge >= 0.3 is 12.2 Å². The molecule has 0 aliphatic rings. The minimum atomic E-state index is -5.06. The van der Waals surface area contributed by atoms with Crippen LogP contribution in [0.5, 0.6) is 0 Å². The number of rotatable bonds is 3. The molecule has 9 heteroatoms. The summed E-state index contributed by atoms with van der Waals surface area (Å²) in [6, 6.07) is 10.1. The molecule has 2 rings (SSSR count). The molecule has 0 atom stereocenters. The number of allylic oxidation sites excluding steroid dienone is 1. The van der Waals surface area contributed by atoms with Gasteiger partial charge in [0.2, 0.25) is 5.83 Å². The van der Waals surface area contributed by atoms with Gasteiger partial charge in [-0.3, -0.25) is 10.1 Å². The maximum atomic E-state index is 12.9. The largest absolute Gasteiger partial charge is 0.442 e. The van der Waals surface area contributed by atoms with E-state index in [1.807, 2.05) is 0 Å². The zero-order valence-electron chi connectivity index (χ0n) is 12.9. The highest BCUT2D eigenvalue weighted by atomic mass is 35.5. The van der Waals surface area contributed by atoms with Gasteiger partial charge in [-0.05, 0) is 35.9 Å². The van der Waals surface area contributed by atoms with Crippen LogP contribution in [0.3, 0.4) is 0 Å². The van der Waals surface area contributed by atoms with Crippen LogP contribution in [0.1, 0.15) is 15.9 Å². The van der Waals surface area contributed by atoms with Gasteiger partial charge in [0.05, 0.1) is 10.6 Å². The first-order chi connectivity index (χ1) is 12.2. The van der Waals surface area contributed by atoms with E-state index in [2.05, 4.69) is 10.6 Å². The number of nitrogens with one attached hydrogen (secondary N) is 2. The number of halogens is 5. The van der Waals surface area contributed by atoms with Crippen LogP contribution < -0.4 is 10.6 Å². The summed E-state index contributed by atoms with van der Waals surface area (Å²) >= 11 is 5.84. The summed E-state index contributed by atoms with van der Waals surface area (Å²) in [4.78, 5) is 23.7. The molecule has 0 bridgehead atoms. The Balaban J connectivity index is 2.00. The molecular formula is C17H11ClF4N2O2. The molecule has 0 spiro atoms. The van der Waals surface area contributed by atoms with Crippen molar-refractivity contribution < 1.29 is 27.2 Å². The number of hydrogen-bond donors (Lipinski definition) is 2. The molecule has 0 fully saturated rings. The number of alkyl halides is 3. The summed E-state index contributed by atoms with van der Waals surface area (Å²) in [6.45, 7) is 0. The second kappa shape index (κ2) is 8.01. The van der Waals surface area contributed by atoms with Crippen molar-refractivity contribution in [1.29, 1.82) is 0 Å². The number of carbonyl (C=O) groups is 2. The van der Waals surface area contributed by atoms with E-state index in [0.29, 0.717) is 6.08 Å². The number of carbonyl (C=O) groups excluding carboxylic acids is 2. The summed E-state index contributed by atoms with van der Waals surface area (Å²) in [5, 5.41) is 4.55. The Hall–Kier alpha value is -2.87. The van der Waals surface area contributed by atoms with Crippen molar-refractivity contribution in [3.05, 3.63) is 70.5 Å². The lowest BCUT2D eigenvalue weighted by Crippen LogP contribution is -2.34. The van der Waals surface area contributed by atoms with Crippen LogP contribution in [0, 0.1) is 0 Å². The summed E-state index contributed by atoms with van der Waals surface area (Å²) in [5.74, 6) is -2.96. The van der Waals surface area contributed by atoms with Gasteiger partial charge in [0.1, 0.15) is 0 Å². The van der Waals surface area contributed by atoms with E-state index >= 15 is 0 Å². The first-order valence-electron chi connectivity index (χ1n) is 7.08. The molecule has 2 aromatic rings. The highest BCUT2D eigenvalue weighted by molar-refractivity contribution is 6.34. The molecule has 26 heavy (non-hydrogen) atoms. The van der Waals surface area contributed by atoms with E-state index in [9.17, 15) is 27.2 Å². The third-order valence-corrected chi connectivity index (χ3v) is 3.41. The molecule has 4 nitrogen and oxygen atoms in total. The first kappa shape index (κ1) is 19.5. The van der Waals surface area contributed by atoms with Gasteiger partial charge in [0.25, 0.3) is 5.91 Å². The molecule has 0 saturated carbocycles. The van der Waals surface area contributed by atoms with Crippen molar-refractivity contribution in [2.75, 3.05) is 5.32 Å². The Bertz CT molecular complexity index is 849. The van der Waals surface area contributed by atoms with Crippen molar-refractivity contribution >= 4 is 35.3 Å². The zero-order valence-corrected chi connectivity index (χ0v) is 13.7. The average molecular weight is 387 g/mol. The number of imide groups is 1. The molecule has 0 aliphatic heterocycles. The summed E-state index contributed by atoms with van der Waals surface area (Å²) in [6.07, 6.45) is -4.74. The molecule has 0 radical (unpaired) electrons. The Labute approximate surface area is 150 Å². The number of amides is 3. The third kappa shape index (κ3) is 5.32. The van der Waals surface area contributed by atoms with E-state index in [1.165, 1.54) is 36.4 Å². The van der Waals surface area contributed by atoms with Crippen LogP contribution in [0.25, 0.3) is 6.08 Å². The highest BCUT2D eigenvalue weighted by Crippen LogP contribution is 2.28. The molecule has 0 aliphatic carbocycles. The Morgan fingerprint density at radius 2 is 1.62 bits per heavy atom. The molecule has 0 unspecified atom stereocenters. The van der Waals surface area contributed by atoms with Crippen LogP contribution in [-0.2, 0) is 0 Å². The quantitative estimate of drug-likeness (QED) is 0.714. The highest BCUT2D eigenvalue weighted by Gasteiger charge is 2.34. The van der Waals surface area contributed by atoms with Crippen LogP contribution >= 0.6 is 11.6 Å². The predicted octanol–water partition coefficient (Wildman–Crippen LogP) is 5.17. The second-order valence-corrected chi connectivity index (χ2v) is 5.41. The lowest BCUT2D eigenvalue weighted by Gasteiger charge is -2.08. The summed E-state index contributed by atoms with van der Waals surface area (Å²) in [5.41, 5.74) is 0.254. The SMILES string of the molecule is O=C(NC(=O)c1ccccc1Cl)Nc1ccc(/C=C(\F)C(F)(F)F)cc1. The van der Waals surface area contributed by atoms with Crippen molar-refractivity contribution in [2.24, 2.45) is 0 Å². The van der Waals surface area contributed by atoms with Crippen molar-refractivity contribution in [2.45, 2.75) is 6.18 Å². The van der Waals surface area contributed by atoms with Gasteiger partial charge in [-0.25, -0.2) is 9.18 Å². The van der Waals surface area contributed by atoms with Gasteiger partial charge in [-0.15, -0.1) is 0 Å². The van der Waals surface area contributed by atoms with E-state index < -0.39 is 23.9 Å². The lowest BCUT2D eigenvalue weighted by atomic mass is 10.2. The average Bonchev–Trinajstić information content (AvgIpc) is 2.56. The fraction of sp³-hybridized carbons (Fsp3) is 0.0588. The van der Waals surface area contributed by atoms with Crippen LogP contribution in [0.15, 0.2) is 54.4 Å². The van der Waals surface area contributed by atoms with Crippen LogP contribution in [0.2, 0.25) is 5.02 Å². The van der Waals surface area contributed by atoms with Gasteiger partial charge in [-0.2, -0.15) is 13.2 Å². The molecule has 0 heterocycles. The molecule has 0 aromatic heterocycles. The number of anilines is 1.